The Kier molecular flexibility index (Phi) is 6.88. The number of halogens is 5. The lowest BCUT2D eigenvalue weighted by atomic mass is 10.1. The van der Waals surface area contributed by atoms with Crippen molar-refractivity contribution >= 4 is 41.6 Å². The molecule has 1 fully saturated rings. The van der Waals surface area contributed by atoms with Crippen molar-refractivity contribution in [2.45, 2.75) is 25.1 Å². The van der Waals surface area contributed by atoms with Crippen LogP contribution in [0.3, 0.4) is 0 Å². The molecule has 10 heteroatoms. The number of carbonyl (C=O) groups is 2. The van der Waals surface area contributed by atoms with Gasteiger partial charge in [-0.3, -0.25) is 14.5 Å². The van der Waals surface area contributed by atoms with Crippen LogP contribution in [0.2, 0.25) is 5.02 Å². The molecule has 1 aliphatic rings. The molecule has 2 rings (SSSR count). The zero-order valence-corrected chi connectivity index (χ0v) is 13.8. The highest BCUT2D eigenvalue weighted by molar-refractivity contribution is 6.34. The Morgan fingerprint density at radius 2 is 2.04 bits per heavy atom. The summed E-state index contributed by atoms with van der Waals surface area (Å²) < 4.78 is 38.9. The lowest BCUT2D eigenvalue weighted by Crippen LogP contribution is -2.41. The van der Waals surface area contributed by atoms with Crippen molar-refractivity contribution in [1.29, 1.82) is 0 Å². The van der Waals surface area contributed by atoms with E-state index in [-0.39, 0.29) is 24.0 Å². The number of carbonyl (C=O) groups excluding carboxylic acids is 1. The predicted octanol–water partition coefficient (Wildman–Crippen LogP) is 3.27. The number of aliphatic carboxylic acids is 1. The van der Waals surface area contributed by atoms with E-state index >= 15 is 0 Å². The van der Waals surface area contributed by atoms with Crippen LogP contribution >= 0.6 is 24.0 Å². The van der Waals surface area contributed by atoms with E-state index in [9.17, 15) is 22.8 Å². The molecule has 0 aliphatic carbocycles. The van der Waals surface area contributed by atoms with Crippen molar-refractivity contribution in [2.24, 2.45) is 0 Å². The second kappa shape index (κ2) is 8.04. The Hall–Kier alpha value is -1.51. The van der Waals surface area contributed by atoms with E-state index in [1.54, 1.807) is 0 Å². The van der Waals surface area contributed by atoms with Gasteiger partial charge in [-0.2, -0.15) is 13.2 Å². The van der Waals surface area contributed by atoms with E-state index in [2.05, 4.69) is 5.32 Å². The fourth-order valence-corrected chi connectivity index (χ4v) is 2.77. The van der Waals surface area contributed by atoms with Gasteiger partial charge in [0.2, 0.25) is 5.91 Å². The molecule has 1 aromatic rings. The standard InChI is InChI=1S/C14H14ClF3N2O3.ClH/c15-9-4-1-3-8(14(16,17)18)12(9)19-11(21)7-20-6-2-5-10(20)13(22)23;/h1,3-4,10H,2,5-7H2,(H,19,21)(H,22,23);1H/t10-;/m0./s1. The van der Waals surface area contributed by atoms with E-state index in [4.69, 9.17) is 16.7 Å². The van der Waals surface area contributed by atoms with Crippen molar-refractivity contribution in [2.75, 3.05) is 18.4 Å². The number of hydrogen-bond acceptors (Lipinski definition) is 3. The van der Waals surface area contributed by atoms with Crippen LogP contribution in [0.15, 0.2) is 18.2 Å². The maximum Gasteiger partial charge on any atom is 0.418 e. The summed E-state index contributed by atoms with van der Waals surface area (Å²) >= 11 is 5.75. The largest absolute Gasteiger partial charge is 0.480 e. The molecule has 5 nitrogen and oxygen atoms in total. The van der Waals surface area contributed by atoms with Gasteiger partial charge in [-0.25, -0.2) is 0 Å². The van der Waals surface area contributed by atoms with E-state index < -0.39 is 35.3 Å². The van der Waals surface area contributed by atoms with Gasteiger partial charge in [-0.1, -0.05) is 17.7 Å². The van der Waals surface area contributed by atoms with Gasteiger partial charge in [0, 0.05) is 0 Å². The smallest absolute Gasteiger partial charge is 0.418 e. The summed E-state index contributed by atoms with van der Waals surface area (Å²) in [5, 5.41) is 11.0. The minimum atomic E-state index is -4.66. The second-order valence-corrected chi connectivity index (χ2v) is 5.58. The third-order valence-electron chi connectivity index (χ3n) is 3.58. The Balaban J connectivity index is 0.00000288. The summed E-state index contributed by atoms with van der Waals surface area (Å²) in [6.45, 7) is 0.0958. The molecule has 24 heavy (non-hydrogen) atoms. The van der Waals surface area contributed by atoms with Crippen LogP contribution in [-0.4, -0.2) is 41.0 Å². The van der Waals surface area contributed by atoms with Gasteiger partial charge < -0.3 is 10.4 Å². The number of anilines is 1. The number of para-hydroxylation sites is 1. The third kappa shape index (κ3) is 4.75. The minimum absolute atomic E-state index is 0. The average Bonchev–Trinajstić information content (AvgIpc) is 2.88. The molecule has 134 valence electrons. The number of benzene rings is 1. The van der Waals surface area contributed by atoms with Crippen molar-refractivity contribution in [3.63, 3.8) is 0 Å². The molecule has 0 saturated carbocycles. The van der Waals surface area contributed by atoms with Crippen LogP contribution in [0.5, 0.6) is 0 Å². The van der Waals surface area contributed by atoms with Crippen LogP contribution in [0.4, 0.5) is 18.9 Å². The van der Waals surface area contributed by atoms with Gasteiger partial charge in [-0.15, -0.1) is 12.4 Å². The van der Waals surface area contributed by atoms with Crippen LogP contribution in [0.25, 0.3) is 0 Å². The number of rotatable bonds is 4. The van der Waals surface area contributed by atoms with Crippen molar-refractivity contribution in [3.8, 4) is 0 Å². The highest BCUT2D eigenvalue weighted by Crippen LogP contribution is 2.38. The summed E-state index contributed by atoms with van der Waals surface area (Å²) in [5.74, 6) is -1.79. The molecular formula is C14H15Cl2F3N2O3. The quantitative estimate of drug-likeness (QED) is 0.832. The number of hydrogen-bond donors (Lipinski definition) is 2. The fraction of sp³-hybridized carbons (Fsp3) is 0.429. The van der Waals surface area contributed by atoms with E-state index in [1.807, 2.05) is 0 Å². The zero-order chi connectivity index (χ0) is 17.2. The van der Waals surface area contributed by atoms with Gasteiger partial charge >= 0.3 is 12.1 Å². The zero-order valence-electron chi connectivity index (χ0n) is 12.3. The molecule has 1 atom stereocenters. The summed E-state index contributed by atoms with van der Waals surface area (Å²) in [7, 11) is 0. The summed E-state index contributed by atoms with van der Waals surface area (Å²) in [4.78, 5) is 24.5. The van der Waals surface area contributed by atoms with Gasteiger partial charge in [0.25, 0.3) is 0 Å². The predicted molar refractivity (Wildman–Crippen MR) is 84.6 cm³/mol. The second-order valence-electron chi connectivity index (χ2n) is 5.18. The molecule has 0 bridgehead atoms. The molecule has 0 radical (unpaired) electrons. The van der Waals surface area contributed by atoms with Crippen LogP contribution in [0.1, 0.15) is 18.4 Å². The maximum absolute atomic E-state index is 13.0. The lowest BCUT2D eigenvalue weighted by molar-refractivity contribution is -0.142. The Morgan fingerprint density at radius 1 is 1.38 bits per heavy atom. The summed E-state index contributed by atoms with van der Waals surface area (Å²) in [6.07, 6.45) is -3.64. The van der Waals surface area contributed by atoms with E-state index in [0.717, 1.165) is 12.1 Å². The van der Waals surface area contributed by atoms with Crippen molar-refractivity contribution in [1.82, 2.24) is 4.90 Å². The van der Waals surface area contributed by atoms with Gasteiger partial charge in [-0.05, 0) is 31.5 Å². The first-order valence-corrected chi connectivity index (χ1v) is 7.20. The lowest BCUT2D eigenvalue weighted by Gasteiger charge is -2.21. The fourth-order valence-electron chi connectivity index (χ4n) is 2.55. The van der Waals surface area contributed by atoms with Gasteiger partial charge in [0.05, 0.1) is 22.8 Å². The SMILES string of the molecule is Cl.O=C(CN1CCC[C@H]1C(=O)O)Nc1c(Cl)cccc1C(F)(F)F. The number of carboxylic acid groups (broad SMARTS) is 1. The molecule has 1 heterocycles. The summed E-state index contributed by atoms with van der Waals surface area (Å²) in [6, 6.07) is 2.40. The summed E-state index contributed by atoms with van der Waals surface area (Å²) in [5.41, 5.74) is -1.56. The molecular weight excluding hydrogens is 372 g/mol. The first kappa shape index (κ1) is 20.5. The number of nitrogens with one attached hydrogen (secondary N) is 1. The first-order chi connectivity index (χ1) is 10.7. The van der Waals surface area contributed by atoms with E-state index in [1.165, 1.54) is 11.0 Å². The van der Waals surface area contributed by atoms with Gasteiger partial charge in [0.1, 0.15) is 6.04 Å². The monoisotopic (exact) mass is 386 g/mol. The maximum atomic E-state index is 13.0. The molecule has 1 aliphatic heterocycles. The number of nitrogens with zero attached hydrogens (tertiary/aromatic N) is 1. The Bertz CT molecular complexity index is 626. The molecule has 0 spiro atoms. The van der Waals surface area contributed by atoms with Crippen molar-refractivity contribution in [3.05, 3.63) is 28.8 Å². The minimum Gasteiger partial charge on any atom is -0.480 e. The van der Waals surface area contributed by atoms with Gasteiger partial charge in [0.15, 0.2) is 0 Å². The van der Waals surface area contributed by atoms with Crippen LogP contribution in [0, 0.1) is 0 Å². The number of likely N-dealkylation sites (tertiary alicyclic amines) is 1. The number of alkyl halides is 3. The average molecular weight is 387 g/mol. The molecule has 0 unspecified atom stereocenters. The highest BCUT2D eigenvalue weighted by atomic mass is 35.5. The van der Waals surface area contributed by atoms with E-state index in [0.29, 0.717) is 19.4 Å². The molecule has 1 amide bonds. The van der Waals surface area contributed by atoms with Crippen LogP contribution in [-0.2, 0) is 15.8 Å². The Morgan fingerprint density at radius 3 is 2.62 bits per heavy atom. The molecule has 1 aromatic carbocycles. The third-order valence-corrected chi connectivity index (χ3v) is 3.89. The normalized spacial score (nSPS) is 18.1. The first-order valence-electron chi connectivity index (χ1n) is 6.82. The van der Waals surface area contributed by atoms with Crippen LogP contribution < -0.4 is 5.32 Å². The molecule has 1 saturated heterocycles. The molecule has 2 N–H and O–H groups in total. The Labute approximate surface area is 147 Å². The van der Waals surface area contributed by atoms with Crippen molar-refractivity contribution < 1.29 is 27.9 Å². The highest BCUT2D eigenvalue weighted by Gasteiger charge is 2.36. The topological polar surface area (TPSA) is 69.6 Å². The molecule has 0 aromatic heterocycles. The number of amides is 1. The number of carboxylic acids is 1.